The summed E-state index contributed by atoms with van der Waals surface area (Å²) in [6, 6.07) is 2.59. The van der Waals surface area contributed by atoms with Gasteiger partial charge in [-0.2, -0.15) is 0 Å². The second-order valence-electron chi connectivity index (χ2n) is 5.31. The molecule has 100 valence electrons. The van der Waals surface area contributed by atoms with Gasteiger partial charge in [0.1, 0.15) is 5.75 Å². The van der Waals surface area contributed by atoms with Crippen molar-refractivity contribution in [3.8, 4) is 5.75 Å². The highest BCUT2D eigenvalue weighted by atomic mass is 16.5. The first kappa shape index (κ1) is 12.4. The lowest BCUT2D eigenvalue weighted by Gasteiger charge is -2.35. The number of aromatic nitrogens is 1. The van der Waals surface area contributed by atoms with E-state index < -0.39 is 0 Å². The van der Waals surface area contributed by atoms with E-state index in [0.717, 1.165) is 24.6 Å². The Morgan fingerprint density at radius 3 is 3.21 bits per heavy atom. The van der Waals surface area contributed by atoms with Gasteiger partial charge in [-0.25, -0.2) is 0 Å². The molecular formula is C16H20N2O. The summed E-state index contributed by atoms with van der Waals surface area (Å²) in [7, 11) is 0. The van der Waals surface area contributed by atoms with Crippen LogP contribution in [0.1, 0.15) is 31.2 Å². The van der Waals surface area contributed by atoms with E-state index in [1.807, 2.05) is 12.3 Å². The van der Waals surface area contributed by atoms with Crippen molar-refractivity contribution < 1.29 is 4.74 Å². The highest BCUT2D eigenvalue weighted by Gasteiger charge is 2.27. The predicted molar refractivity (Wildman–Crippen MR) is 76.8 cm³/mol. The minimum Gasteiger partial charge on any atom is -0.464 e. The Kier molecular flexibility index (Phi) is 3.65. The standard InChI is InChI=1S/C16H20N2O/c1-2-19-15-8-14(10-17-11-15)13-6-5-12-4-3-7-18-16(12)9-13/h2,8-12,16,18H,1,3-7H2/t12-,16+/m0/s1. The van der Waals surface area contributed by atoms with E-state index in [1.54, 1.807) is 6.20 Å². The smallest absolute Gasteiger partial charge is 0.145 e. The van der Waals surface area contributed by atoms with Crippen molar-refractivity contribution in [2.24, 2.45) is 5.92 Å². The van der Waals surface area contributed by atoms with Crippen molar-refractivity contribution in [2.75, 3.05) is 6.54 Å². The molecule has 3 heteroatoms. The molecule has 1 saturated heterocycles. The molecule has 3 nitrogen and oxygen atoms in total. The molecule has 1 N–H and O–H groups in total. The molecule has 2 aliphatic rings. The third-order valence-corrected chi connectivity index (χ3v) is 4.11. The quantitative estimate of drug-likeness (QED) is 0.844. The van der Waals surface area contributed by atoms with Crippen LogP contribution < -0.4 is 10.1 Å². The van der Waals surface area contributed by atoms with E-state index in [-0.39, 0.29) is 0 Å². The summed E-state index contributed by atoms with van der Waals surface area (Å²) < 4.78 is 5.30. The highest BCUT2D eigenvalue weighted by molar-refractivity contribution is 5.67. The molecule has 1 aromatic rings. The summed E-state index contributed by atoms with van der Waals surface area (Å²) in [6.07, 6.45) is 12.6. The number of pyridine rings is 1. The van der Waals surface area contributed by atoms with Gasteiger partial charge in [-0.3, -0.25) is 4.98 Å². The number of fused-ring (bicyclic) bond motifs is 1. The number of nitrogens with zero attached hydrogens (tertiary/aromatic N) is 1. The van der Waals surface area contributed by atoms with Gasteiger partial charge in [-0.05, 0) is 55.3 Å². The van der Waals surface area contributed by atoms with Crippen LogP contribution >= 0.6 is 0 Å². The fraction of sp³-hybridized carbons (Fsp3) is 0.438. The lowest BCUT2D eigenvalue weighted by Crippen LogP contribution is -2.41. The third-order valence-electron chi connectivity index (χ3n) is 4.11. The van der Waals surface area contributed by atoms with Gasteiger partial charge in [-0.1, -0.05) is 12.7 Å². The largest absolute Gasteiger partial charge is 0.464 e. The van der Waals surface area contributed by atoms with Gasteiger partial charge in [0.25, 0.3) is 0 Å². The molecule has 1 fully saturated rings. The maximum absolute atomic E-state index is 5.30. The molecule has 1 aliphatic heterocycles. The highest BCUT2D eigenvalue weighted by Crippen LogP contribution is 2.34. The van der Waals surface area contributed by atoms with Crippen LogP contribution in [-0.4, -0.2) is 17.6 Å². The number of hydrogen-bond donors (Lipinski definition) is 1. The fourth-order valence-corrected chi connectivity index (χ4v) is 3.13. The first-order chi connectivity index (χ1) is 9.36. The molecule has 19 heavy (non-hydrogen) atoms. The van der Waals surface area contributed by atoms with E-state index >= 15 is 0 Å². The normalized spacial score (nSPS) is 26.2. The summed E-state index contributed by atoms with van der Waals surface area (Å²) in [5.74, 6) is 1.57. The predicted octanol–water partition coefficient (Wildman–Crippen LogP) is 3.15. The Morgan fingerprint density at radius 2 is 2.32 bits per heavy atom. The fourth-order valence-electron chi connectivity index (χ4n) is 3.13. The zero-order valence-electron chi connectivity index (χ0n) is 11.1. The zero-order valence-corrected chi connectivity index (χ0v) is 11.1. The first-order valence-corrected chi connectivity index (χ1v) is 7.04. The molecule has 2 heterocycles. The van der Waals surface area contributed by atoms with Crippen molar-refractivity contribution in [3.05, 3.63) is 42.9 Å². The maximum Gasteiger partial charge on any atom is 0.145 e. The van der Waals surface area contributed by atoms with Crippen LogP contribution in [0, 0.1) is 5.92 Å². The van der Waals surface area contributed by atoms with Gasteiger partial charge in [0, 0.05) is 12.2 Å². The van der Waals surface area contributed by atoms with Gasteiger partial charge in [0.05, 0.1) is 12.5 Å². The molecule has 3 rings (SSSR count). The van der Waals surface area contributed by atoms with Crippen molar-refractivity contribution >= 4 is 5.57 Å². The van der Waals surface area contributed by atoms with E-state index in [1.165, 1.54) is 36.7 Å². The molecule has 0 amide bonds. The molecule has 0 radical (unpaired) electrons. The average molecular weight is 256 g/mol. The molecule has 0 unspecified atom stereocenters. The summed E-state index contributed by atoms with van der Waals surface area (Å²) >= 11 is 0. The zero-order chi connectivity index (χ0) is 13.1. The summed E-state index contributed by atoms with van der Waals surface area (Å²) in [5, 5.41) is 3.62. The van der Waals surface area contributed by atoms with Crippen LogP contribution in [0.25, 0.3) is 5.57 Å². The Bertz CT molecular complexity index is 495. The van der Waals surface area contributed by atoms with E-state index in [9.17, 15) is 0 Å². The van der Waals surface area contributed by atoms with Gasteiger partial charge in [0.2, 0.25) is 0 Å². The molecule has 0 aromatic carbocycles. The Labute approximate surface area is 114 Å². The number of nitrogens with one attached hydrogen (secondary N) is 1. The summed E-state index contributed by atoms with van der Waals surface area (Å²) in [5.41, 5.74) is 2.56. The van der Waals surface area contributed by atoms with Gasteiger partial charge in [0.15, 0.2) is 0 Å². The van der Waals surface area contributed by atoms with Crippen LogP contribution in [0.2, 0.25) is 0 Å². The third kappa shape index (κ3) is 2.71. The maximum atomic E-state index is 5.30. The molecule has 0 bridgehead atoms. The van der Waals surface area contributed by atoms with Gasteiger partial charge < -0.3 is 10.1 Å². The average Bonchev–Trinajstić information content (AvgIpc) is 2.47. The van der Waals surface area contributed by atoms with E-state index in [2.05, 4.69) is 23.0 Å². The SMILES string of the molecule is C=COc1cncc(C2=C[C@H]3NCCC[C@H]3CC2)c1. The second kappa shape index (κ2) is 5.57. The molecular weight excluding hydrogens is 236 g/mol. The van der Waals surface area contributed by atoms with Crippen LogP contribution in [0.3, 0.4) is 0 Å². The second-order valence-corrected chi connectivity index (χ2v) is 5.31. The van der Waals surface area contributed by atoms with Crippen molar-refractivity contribution in [1.29, 1.82) is 0 Å². The van der Waals surface area contributed by atoms with Crippen molar-refractivity contribution in [2.45, 2.75) is 31.7 Å². The topological polar surface area (TPSA) is 34.1 Å². The number of allylic oxidation sites excluding steroid dienone is 1. The van der Waals surface area contributed by atoms with E-state index in [0.29, 0.717) is 6.04 Å². The lowest BCUT2D eigenvalue weighted by atomic mass is 9.79. The monoisotopic (exact) mass is 256 g/mol. The molecule has 0 saturated carbocycles. The Morgan fingerprint density at radius 1 is 1.37 bits per heavy atom. The van der Waals surface area contributed by atoms with Crippen molar-refractivity contribution in [3.63, 3.8) is 0 Å². The molecule has 1 aliphatic carbocycles. The van der Waals surface area contributed by atoms with Crippen LogP contribution in [0.4, 0.5) is 0 Å². The number of piperidine rings is 1. The molecule has 2 atom stereocenters. The van der Waals surface area contributed by atoms with E-state index in [4.69, 9.17) is 4.74 Å². The summed E-state index contributed by atoms with van der Waals surface area (Å²) in [6.45, 7) is 4.72. The minimum atomic E-state index is 0.543. The van der Waals surface area contributed by atoms with Crippen LogP contribution in [0.5, 0.6) is 5.75 Å². The Hall–Kier alpha value is -1.61. The summed E-state index contributed by atoms with van der Waals surface area (Å²) in [4.78, 5) is 4.25. The minimum absolute atomic E-state index is 0.543. The number of ether oxygens (including phenoxy) is 1. The number of rotatable bonds is 3. The molecule has 1 aromatic heterocycles. The van der Waals surface area contributed by atoms with Gasteiger partial charge in [-0.15, -0.1) is 0 Å². The van der Waals surface area contributed by atoms with Crippen LogP contribution in [0.15, 0.2) is 37.4 Å². The Balaban J connectivity index is 1.83. The van der Waals surface area contributed by atoms with Crippen molar-refractivity contribution in [1.82, 2.24) is 10.3 Å². The number of hydrogen-bond acceptors (Lipinski definition) is 3. The van der Waals surface area contributed by atoms with Gasteiger partial charge >= 0.3 is 0 Å². The lowest BCUT2D eigenvalue weighted by molar-refractivity contribution is 0.298. The first-order valence-electron chi connectivity index (χ1n) is 7.04. The molecule has 0 spiro atoms. The van der Waals surface area contributed by atoms with Crippen LogP contribution in [-0.2, 0) is 0 Å².